The summed E-state index contributed by atoms with van der Waals surface area (Å²) in [6.07, 6.45) is 2.96. The van der Waals surface area contributed by atoms with E-state index in [4.69, 9.17) is 5.73 Å². The van der Waals surface area contributed by atoms with Gasteiger partial charge in [0.15, 0.2) is 11.6 Å². The van der Waals surface area contributed by atoms with Crippen LogP contribution in [-0.2, 0) is 0 Å². The van der Waals surface area contributed by atoms with E-state index in [0.29, 0.717) is 3.57 Å². The minimum Gasteiger partial charge on any atom is -0.504 e. The van der Waals surface area contributed by atoms with Crippen molar-refractivity contribution in [3.05, 3.63) is 39.0 Å². The lowest BCUT2D eigenvalue weighted by Gasteiger charge is -2.02. The Bertz CT molecular complexity index is 624. The molecule has 1 aromatic carbocycles. The number of nitrogens with zero attached hydrogens (tertiary/aromatic N) is 3. The molecule has 94 valence electrons. The predicted octanol–water partition coefficient (Wildman–Crippen LogP) is 2.11. The number of anilines is 1. The van der Waals surface area contributed by atoms with Gasteiger partial charge in [-0.1, -0.05) is 0 Å². The van der Waals surface area contributed by atoms with Crippen LogP contribution in [0.2, 0.25) is 0 Å². The van der Waals surface area contributed by atoms with E-state index in [9.17, 15) is 9.50 Å². The van der Waals surface area contributed by atoms with Gasteiger partial charge >= 0.3 is 0 Å². The van der Waals surface area contributed by atoms with Gasteiger partial charge in [0.05, 0.1) is 21.7 Å². The number of halogens is 2. The molecule has 18 heavy (non-hydrogen) atoms. The first-order chi connectivity index (χ1) is 8.49. The Balaban J connectivity index is 2.35. The van der Waals surface area contributed by atoms with Crippen LogP contribution in [0.1, 0.15) is 11.3 Å². The van der Waals surface area contributed by atoms with Crippen molar-refractivity contribution in [1.82, 2.24) is 9.66 Å². The zero-order valence-electron chi connectivity index (χ0n) is 9.43. The molecule has 2 aromatic rings. The van der Waals surface area contributed by atoms with E-state index in [1.807, 2.05) is 0 Å². The topological polar surface area (TPSA) is 76.4 Å². The van der Waals surface area contributed by atoms with Crippen LogP contribution in [0.4, 0.5) is 10.3 Å². The van der Waals surface area contributed by atoms with Gasteiger partial charge in [0, 0.05) is 5.56 Å². The first-order valence-electron chi connectivity index (χ1n) is 5.02. The van der Waals surface area contributed by atoms with Crippen molar-refractivity contribution < 1.29 is 9.50 Å². The first kappa shape index (κ1) is 12.8. The van der Waals surface area contributed by atoms with Gasteiger partial charge in [0.1, 0.15) is 0 Å². The molecule has 3 N–H and O–H groups in total. The number of hydrogen-bond acceptors (Lipinski definition) is 4. The van der Waals surface area contributed by atoms with Gasteiger partial charge in [0.25, 0.3) is 0 Å². The summed E-state index contributed by atoms with van der Waals surface area (Å²) in [6, 6.07) is 3.13. The predicted molar refractivity (Wildman–Crippen MR) is 75.2 cm³/mol. The SMILES string of the molecule is Cc1cn(N=Cc2ccc(I)c(F)c2O)c(N)n1. The minimum absolute atomic E-state index is 0.231. The Morgan fingerprint density at radius 3 is 2.89 bits per heavy atom. The molecule has 5 nitrogen and oxygen atoms in total. The second-order valence-corrected chi connectivity index (χ2v) is 4.79. The highest BCUT2D eigenvalue weighted by molar-refractivity contribution is 14.1. The molecule has 0 fully saturated rings. The van der Waals surface area contributed by atoms with Gasteiger partial charge in [-0.05, 0) is 41.6 Å². The summed E-state index contributed by atoms with van der Waals surface area (Å²) in [4.78, 5) is 3.97. The van der Waals surface area contributed by atoms with Crippen molar-refractivity contribution in [3.63, 3.8) is 0 Å². The van der Waals surface area contributed by atoms with Crippen molar-refractivity contribution in [3.8, 4) is 5.75 Å². The number of rotatable bonds is 2. The summed E-state index contributed by atoms with van der Waals surface area (Å²) >= 11 is 1.80. The quantitative estimate of drug-likeness (QED) is 0.636. The summed E-state index contributed by atoms with van der Waals surface area (Å²) in [7, 11) is 0. The number of aryl methyl sites for hydroxylation is 1. The van der Waals surface area contributed by atoms with Gasteiger partial charge in [-0.25, -0.2) is 14.1 Å². The van der Waals surface area contributed by atoms with Crippen molar-refractivity contribution in [2.45, 2.75) is 6.92 Å². The highest BCUT2D eigenvalue weighted by Crippen LogP contribution is 2.24. The summed E-state index contributed by atoms with van der Waals surface area (Å²) in [5, 5.41) is 13.6. The molecule has 0 radical (unpaired) electrons. The fourth-order valence-electron chi connectivity index (χ4n) is 1.38. The highest BCUT2D eigenvalue weighted by Gasteiger charge is 2.09. The maximum atomic E-state index is 13.4. The number of benzene rings is 1. The maximum Gasteiger partial charge on any atom is 0.221 e. The molecule has 1 heterocycles. The standard InChI is InChI=1S/C11H10FIN4O/c1-6-5-17(11(14)16-6)15-4-7-2-3-8(13)9(12)10(7)18/h2-5,18H,1H3,(H2,14,16). The minimum atomic E-state index is -0.658. The fraction of sp³-hybridized carbons (Fsp3) is 0.0909. The molecular weight excluding hydrogens is 350 g/mol. The number of phenolic OH excluding ortho intramolecular Hbond substituents is 1. The molecule has 0 unspecified atom stereocenters. The Morgan fingerprint density at radius 1 is 1.56 bits per heavy atom. The third kappa shape index (κ3) is 2.45. The van der Waals surface area contributed by atoms with E-state index in [1.54, 1.807) is 47.8 Å². The molecule has 2 rings (SSSR count). The molecule has 0 saturated carbocycles. The van der Waals surface area contributed by atoms with Crippen molar-refractivity contribution >= 4 is 34.8 Å². The smallest absolute Gasteiger partial charge is 0.221 e. The average Bonchev–Trinajstić information content (AvgIpc) is 2.64. The molecule has 0 saturated heterocycles. The van der Waals surface area contributed by atoms with Crippen molar-refractivity contribution in [2.24, 2.45) is 5.10 Å². The van der Waals surface area contributed by atoms with Gasteiger partial charge in [-0.15, -0.1) is 0 Å². The van der Waals surface area contributed by atoms with Crippen LogP contribution in [0.5, 0.6) is 5.75 Å². The lowest BCUT2D eigenvalue weighted by atomic mass is 10.2. The monoisotopic (exact) mass is 360 g/mol. The van der Waals surface area contributed by atoms with Crippen LogP contribution in [0.15, 0.2) is 23.4 Å². The van der Waals surface area contributed by atoms with E-state index in [-0.39, 0.29) is 11.5 Å². The number of nitrogen functional groups attached to an aromatic ring is 1. The van der Waals surface area contributed by atoms with Gasteiger partial charge in [0.2, 0.25) is 5.95 Å². The number of imidazole rings is 1. The Labute approximate surface area is 116 Å². The van der Waals surface area contributed by atoms with Crippen molar-refractivity contribution in [2.75, 3.05) is 5.73 Å². The Morgan fingerprint density at radius 2 is 2.28 bits per heavy atom. The number of phenols is 1. The highest BCUT2D eigenvalue weighted by atomic mass is 127. The summed E-state index contributed by atoms with van der Waals surface area (Å²) < 4.78 is 15.1. The molecule has 7 heteroatoms. The largest absolute Gasteiger partial charge is 0.504 e. The molecule has 0 spiro atoms. The molecule has 0 aliphatic carbocycles. The fourth-order valence-corrected chi connectivity index (χ4v) is 1.82. The molecule has 1 aromatic heterocycles. The third-order valence-electron chi connectivity index (χ3n) is 2.26. The molecule has 0 amide bonds. The van der Waals surface area contributed by atoms with E-state index in [1.165, 1.54) is 10.9 Å². The van der Waals surface area contributed by atoms with Gasteiger partial charge in [-0.2, -0.15) is 5.10 Å². The average molecular weight is 360 g/mol. The molecule has 0 atom stereocenters. The number of aromatic hydroxyl groups is 1. The molecule has 0 bridgehead atoms. The zero-order valence-corrected chi connectivity index (χ0v) is 11.6. The Kier molecular flexibility index (Phi) is 3.50. The van der Waals surface area contributed by atoms with Crippen LogP contribution in [0, 0.1) is 16.3 Å². The van der Waals surface area contributed by atoms with Crippen LogP contribution in [0.3, 0.4) is 0 Å². The number of aromatic nitrogens is 2. The van der Waals surface area contributed by atoms with Crippen LogP contribution in [0.25, 0.3) is 0 Å². The van der Waals surface area contributed by atoms with E-state index >= 15 is 0 Å². The van der Waals surface area contributed by atoms with Gasteiger partial charge < -0.3 is 10.8 Å². The molecule has 0 aliphatic heterocycles. The second kappa shape index (κ2) is 4.92. The third-order valence-corrected chi connectivity index (χ3v) is 3.09. The second-order valence-electron chi connectivity index (χ2n) is 3.63. The van der Waals surface area contributed by atoms with E-state index in [0.717, 1.165) is 5.69 Å². The van der Waals surface area contributed by atoms with E-state index in [2.05, 4.69) is 10.1 Å². The summed E-state index contributed by atoms with van der Waals surface area (Å²) in [5.74, 6) is -0.857. The molecular formula is C11H10FIN4O. The van der Waals surface area contributed by atoms with Crippen LogP contribution >= 0.6 is 22.6 Å². The summed E-state index contributed by atoms with van der Waals surface area (Å²) in [6.45, 7) is 1.78. The van der Waals surface area contributed by atoms with Crippen LogP contribution in [-0.4, -0.2) is 21.0 Å². The lowest BCUT2D eigenvalue weighted by Crippen LogP contribution is -1.97. The van der Waals surface area contributed by atoms with E-state index < -0.39 is 11.6 Å². The number of nitrogens with two attached hydrogens (primary N) is 1. The maximum absolute atomic E-state index is 13.4. The Hall–Kier alpha value is -1.64. The van der Waals surface area contributed by atoms with Crippen molar-refractivity contribution in [1.29, 1.82) is 0 Å². The first-order valence-corrected chi connectivity index (χ1v) is 6.09. The van der Waals surface area contributed by atoms with Gasteiger partial charge in [-0.3, -0.25) is 0 Å². The van der Waals surface area contributed by atoms with Crippen LogP contribution < -0.4 is 5.73 Å². The summed E-state index contributed by atoms with van der Waals surface area (Å²) in [5.41, 5.74) is 6.60. The zero-order chi connectivity index (χ0) is 13.3. The normalized spacial score (nSPS) is 11.3. The lowest BCUT2D eigenvalue weighted by molar-refractivity contribution is 0.429. The number of hydrogen-bond donors (Lipinski definition) is 2. The molecule has 0 aliphatic rings.